The monoisotopic (exact) mass is 492 g/mol. The van der Waals surface area contributed by atoms with E-state index in [1.54, 1.807) is 24.3 Å². The average Bonchev–Trinajstić information content (AvgIpc) is 3.37. The molecule has 1 atom stereocenters. The van der Waals surface area contributed by atoms with Crippen molar-refractivity contribution in [1.29, 1.82) is 0 Å². The maximum atomic E-state index is 13.4. The Hall–Kier alpha value is -3.55. The molecule has 5 nitrogen and oxygen atoms in total. The second-order valence-electron chi connectivity index (χ2n) is 7.88. The van der Waals surface area contributed by atoms with Crippen LogP contribution in [0.3, 0.4) is 0 Å². The highest BCUT2D eigenvalue weighted by Crippen LogP contribution is 2.44. The second-order valence-corrected chi connectivity index (χ2v) is 9.33. The number of aromatic nitrogens is 1. The molecule has 34 heavy (non-hydrogen) atoms. The molecule has 0 bridgehead atoms. The zero-order valence-electron chi connectivity index (χ0n) is 18.0. The second kappa shape index (κ2) is 8.66. The molecule has 0 aliphatic carbocycles. The third-order valence-electron chi connectivity index (χ3n) is 5.80. The van der Waals surface area contributed by atoms with Crippen LogP contribution in [0.25, 0.3) is 16.0 Å². The van der Waals surface area contributed by atoms with E-state index in [4.69, 9.17) is 11.6 Å². The molecule has 1 aliphatic heterocycles. The highest BCUT2D eigenvalue weighted by atomic mass is 35.5. The first-order valence-corrected chi connectivity index (χ1v) is 11.8. The van der Waals surface area contributed by atoms with Crippen LogP contribution in [0.4, 0.5) is 9.52 Å². The number of anilines is 1. The number of ketones is 1. The molecule has 170 valence electrons. The van der Waals surface area contributed by atoms with E-state index in [2.05, 4.69) is 11.9 Å². The summed E-state index contributed by atoms with van der Waals surface area (Å²) in [6.07, 6.45) is 0.857. The highest BCUT2D eigenvalue weighted by Gasteiger charge is 2.48. The number of benzene rings is 3. The zero-order valence-corrected chi connectivity index (χ0v) is 19.5. The Labute approximate surface area is 203 Å². The molecule has 1 aromatic heterocycles. The van der Waals surface area contributed by atoms with Gasteiger partial charge in [-0.25, -0.2) is 9.37 Å². The molecule has 0 saturated carbocycles. The number of aliphatic hydroxyl groups is 1. The van der Waals surface area contributed by atoms with Crippen LogP contribution in [-0.4, -0.2) is 21.8 Å². The number of aryl methyl sites for hydroxylation is 1. The molecule has 2 heterocycles. The van der Waals surface area contributed by atoms with Gasteiger partial charge in [-0.3, -0.25) is 14.5 Å². The smallest absolute Gasteiger partial charge is 0.301 e. The minimum absolute atomic E-state index is 0.0903. The lowest BCUT2D eigenvalue weighted by Crippen LogP contribution is -2.29. The average molecular weight is 493 g/mol. The summed E-state index contributed by atoms with van der Waals surface area (Å²) in [5.41, 5.74) is 2.58. The molecular formula is C26H18ClFN2O3S. The largest absolute Gasteiger partial charge is 0.507 e. The summed E-state index contributed by atoms with van der Waals surface area (Å²) in [5, 5.41) is 11.9. The number of hydrogen-bond acceptors (Lipinski definition) is 5. The fraction of sp³-hybridized carbons (Fsp3) is 0.115. The molecule has 0 spiro atoms. The maximum absolute atomic E-state index is 13.4. The predicted molar refractivity (Wildman–Crippen MR) is 132 cm³/mol. The van der Waals surface area contributed by atoms with E-state index >= 15 is 0 Å². The SMILES string of the molecule is CCc1ccc2nc(N3C(=O)C(=O)/C(=C(/O)c4ccc(F)cc4)[C@@H]3c3ccc(Cl)cc3)sc2c1. The lowest BCUT2D eigenvalue weighted by molar-refractivity contribution is -0.132. The van der Waals surface area contributed by atoms with Crippen molar-refractivity contribution in [2.24, 2.45) is 0 Å². The van der Waals surface area contributed by atoms with Gasteiger partial charge in [-0.1, -0.05) is 48.1 Å². The molecule has 0 unspecified atom stereocenters. The third kappa shape index (κ3) is 3.77. The Kier molecular flexibility index (Phi) is 5.67. The summed E-state index contributed by atoms with van der Waals surface area (Å²) >= 11 is 7.37. The van der Waals surface area contributed by atoms with Gasteiger partial charge in [0, 0.05) is 10.6 Å². The molecule has 4 aromatic rings. The zero-order chi connectivity index (χ0) is 24.0. The van der Waals surface area contributed by atoms with Gasteiger partial charge in [-0.15, -0.1) is 0 Å². The lowest BCUT2D eigenvalue weighted by Gasteiger charge is -2.23. The molecule has 1 N–H and O–H groups in total. The van der Waals surface area contributed by atoms with Crippen molar-refractivity contribution in [2.45, 2.75) is 19.4 Å². The van der Waals surface area contributed by atoms with Crippen LogP contribution in [0, 0.1) is 5.82 Å². The first-order chi connectivity index (χ1) is 16.4. The van der Waals surface area contributed by atoms with Crippen molar-refractivity contribution < 1.29 is 19.1 Å². The molecule has 1 fully saturated rings. The highest BCUT2D eigenvalue weighted by molar-refractivity contribution is 7.22. The van der Waals surface area contributed by atoms with Gasteiger partial charge in [0.05, 0.1) is 21.8 Å². The van der Waals surface area contributed by atoms with Crippen LogP contribution < -0.4 is 4.90 Å². The van der Waals surface area contributed by atoms with E-state index in [0.717, 1.165) is 16.7 Å². The number of fused-ring (bicyclic) bond motifs is 1. The Morgan fingerprint density at radius 3 is 2.47 bits per heavy atom. The summed E-state index contributed by atoms with van der Waals surface area (Å²) in [4.78, 5) is 32.4. The van der Waals surface area contributed by atoms with Gasteiger partial charge < -0.3 is 5.11 Å². The van der Waals surface area contributed by atoms with Gasteiger partial charge in [0.15, 0.2) is 5.13 Å². The van der Waals surface area contributed by atoms with Crippen molar-refractivity contribution in [1.82, 2.24) is 4.98 Å². The molecule has 1 aliphatic rings. The van der Waals surface area contributed by atoms with Crippen molar-refractivity contribution in [2.75, 3.05) is 4.90 Å². The van der Waals surface area contributed by atoms with Crippen molar-refractivity contribution >= 4 is 55.7 Å². The summed E-state index contributed by atoms with van der Waals surface area (Å²) in [6.45, 7) is 2.05. The molecule has 5 rings (SSSR count). The summed E-state index contributed by atoms with van der Waals surface area (Å²) in [5.74, 6) is -2.49. The van der Waals surface area contributed by atoms with Crippen LogP contribution in [0.15, 0.2) is 72.3 Å². The number of thiazole rings is 1. The van der Waals surface area contributed by atoms with Crippen LogP contribution in [-0.2, 0) is 16.0 Å². The van der Waals surface area contributed by atoms with Gasteiger partial charge in [0.2, 0.25) is 0 Å². The summed E-state index contributed by atoms with van der Waals surface area (Å²) < 4.78 is 14.3. The van der Waals surface area contributed by atoms with E-state index in [9.17, 15) is 19.1 Å². The Morgan fingerprint density at radius 1 is 1.09 bits per heavy atom. The third-order valence-corrected chi connectivity index (χ3v) is 7.07. The van der Waals surface area contributed by atoms with E-state index < -0.39 is 23.5 Å². The van der Waals surface area contributed by atoms with Crippen LogP contribution in [0.5, 0.6) is 0 Å². The van der Waals surface area contributed by atoms with Crippen molar-refractivity contribution in [3.63, 3.8) is 0 Å². The fourth-order valence-electron chi connectivity index (χ4n) is 4.03. The molecule has 1 saturated heterocycles. The minimum atomic E-state index is -0.923. The van der Waals surface area contributed by atoms with E-state index in [0.29, 0.717) is 21.2 Å². The van der Waals surface area contributed by atoms with Crippen LogP contribution >= 0.6 is 22.9 Å². The van der Waals surface area contributed by atoms with Crippen molar-refractivity contribution in [3.05, 3.63) is 99.8 Å². The molecule has 1 amide bonds. The number of nitrogens with zero attached hydrogens (tertiary/aromatic N) is 2. The number of rotatable bonds is 4. The normalized spacial score (nSPS) is 17.6. The number of aliphatic hydroxyl groups excluding tert-OH is 1. The first-order valence-electron chi connectivity index (χ1n) is 10.6. The minimum Gasteiger partial charge on any atom is -0.507 e. The number of hydrogen-bond donors (Lipinski definition) is 1. The van der Waals surface area contributed by atoms with Crippen LogP contribution in [0.2, 0.25) is 5.02 Å². The number of Topliss-reactive ketones (excluding diaryl/α,β-unsaturated/α-hetero) is 1. The topological polar surface area (TPSA) is 70.5 Å². The number of amides is 1. The van der Waals surface area contributed by atoms with E-state index in [1.807, 2.05) is 18.2 Å². The number of carbonyl (C=O) groups is 2. The predicted octanol–water partition coefficient (Wildman–Crippen LogP) is 6.28. The number of halogens is 2. The van der Waals surface area contributed by atoms with Gasteiger partial charge in [-0.05, 0) is 66.1 Å². The fourth-order valence-corrected chi connectivity index (χ4v) is 5.22. The molecule has 0 radical (unpaired) electrons. The molecule has 3 aromatic carbocycles. The van der Waals surface area contributed by atoms with Gasteiger partial charge in [0.25, 0.3) is 5.78 Å². The van der Waals surface area contributed by atoms with Crippen LogP contribution in [0.1, 0.15) is 29.7 Å². The van der Waals surface area contributed by atoms with E-state index in [-0.39, 0.29) is 16.9 Å². The first kappa shape index (κ1) is 22.3. The Morgan fingerprint density at radius 2 is 1.79 bits per heavy atom. The Bertz CT molecular complexity index is 1460. The molecular weight excluding hydrogens is 475 g/mol. The summed E-state index contributed by atoms with van der Waals surface area (Å²) in [6, 6.07) is 16.8. The van der Waals surface area contributed by atoms with Gasteiger partial charge in [-0.2, -0.15) is 0 Å². The standard InChI is InChI=1S/C26H18ClFN2O3S/c1-2-14-3-12-19-20(13-14)34-26(29-19)30-22(15-4-8-17(27)9-5-15)21(24(32)25(30)33)23(31)16-6-10-18(28)11-7-16/h3-13,22,31H,2H2,1H3/b23-21+/t22-/m0/s1. The molecule has 8 heteroatoms. The van der Waals surface area contributed by atoms with E-state index in [1.165, 1.54) is 40.5 Å². The lowest BCUT2D eigenvalue weighted by atomic mass is 9.95. The van der Waals surface area contributed by atoms with Gasteiger partial charge >= 0.3 is 5.91 Å². The Balaban J connectivity index is 1.71. The maximum Gasteiger partial charge on any atom is 0.301 e. The number of carbonyl (C=O) groups excluding carboxylic acids is 2. The summed E-state index contributed by atoms with van der Waals surface area (Å²) in [7, 11) is 0. The van der Waals surface area contributed by atoms with Crippen molar-refractivity contribution in [3.8, 4) is 0 Å². The van der Waals surface area contributed by atoms with Gasteiger partial charge in [0.1, 0.15) is 11.6 Å². The quantitative estimate of drug-likeness (QED) is 0.207.